The smallest absolute Gasteiger partial charge is 0.245 e. The highest BCUT2D eigenvalue weighted by atomic mass is 19.1. The number of nitrogens with zero attached hydrogens (tertiary/aromatic N) is 1. The molecule has 1 aliphatic heterocycles. The third kappa shape index (κ3) is 3.99. The molecule has 0 aromatic heterocycles. The predicted molar refractivity (Wildman–Crippen MR) is 98.1 cm³/mol. The number of hydrogen-bond donors (Lipinski definition) is 1. The number of carbonyl (C=O) groups is 2. The van der Waals surface area contributed by atoms with Gasteiger partial charge in [0.25, 0.3) is 0 Å². The zero-order valence-corrected chi connectivity index (χ0v) is 15.3. The Morgan fingerprint density at radius 2 is 1.52 bits per heavy atom. The molecule has 0 unspecified atom stereocenters. The van der Waals surface area contributed by atoms with Crippen LogP contribution in [0, 0.1) is 11.6 Å². The summed E-state index contributed by atoms with van der Waals surface area (Å²) >= 11 is 0. The van der Waals surface area contributed by atoms with E-state index in [1.165, 1.54) is 24.3 Å². The topological polar surface area (TPSA) is 49.4 Å². The van der Waals surface area contributed by atoms with Gasteiger partial charge in [0.05, 0.1) is 0 Å². The summed E-state index contributed by atoms with van der Waals surface area (Å²) in [5, 5.41) is 2.77. The molecule has 1 heterocycles. The van der Waals surface area contributed by atoms with Crippen LogP contribution in [0.5, 0.6) is 0 Å². The molecule has 0 spiro atoms. The molecular formula is C21H22F2N2O2. The molecule has 2 amide bonds. The molecule has 1 aliphatic rings. The minimum atomic E-state index is -0.939. The molecule has 1 fully saturated rings. The third-order valence-electron chi connectivity index (χ3n) is 5.08. The van der Waals surface area contributed by atoms with Gasteiger partial charge in [0.2, 0.25) is 11.8 Å². The van der Waals surface area contributed by atoms with Gasteiger partial charge in [-0.15, -0.1) is 0 Å². The van der Waals surface area contributed by atoms with Gasteiger partial charge in [-0.3, -0.25) is 9.59 Å². The summed E-state index contributed by atoms with van der Waals surface area (Å²) in [6.45, 7) is 4.26. The Balaban J connectivity index is 1.91. The molecule has 0 radical (unpaired) electrons. The Morgan fingerprint density at radius 3 is 2.00 bits per heavy atom. The number of carbonyl (C=O) groups excluding carboxylic acids is 2. The number of benzene rings is 2. The highest BCUT2D eigenvalue weighted by molar-refractivity contribution is 5.92. The van der Waals surface area contributed by atoms with Crippen molar-refractivity contribution in [2.24, 2.45) is 0 Å². The van der Waals surface area contributed by atoms with Gasteiger partial charge in [0.15, 0.2) is 0 Å². The van der Waals surface area contributed by atoms with Crippen LogP contribution in [-0.2, 0) is 9.59 Å². The Bertz CT molecular complexity index is 787. The second-order valence-corrected chi connectivity index (χ2v) is 7.22. The number of hydrogen-bond acceptors (Lipinski definition) is 2. The molecular weight excluding hydrogens is 350 g/mol. The van der Waals surface area contributed by atoms with Crippen molar-refractivity contribution in [3.8, 4) is 0 Å². The fourth-order valence-electron chi connectivity index (χ4n) is 3.44. The quantitative estimate of drug-likeness (QED) is 0.896. The van der Waals surface area contributed by atoms with Crippen molar-refractivity contribution in [1.82, 2.24) is 10.2 Å². The van der Waals surface area contributed by atoms with Crippen LogP contribution in [0.1, 0.15) is 37.3 Å². The van der Waals surface area contributed by atoms with E-state index in [1.54, 1.807) is 43.0 Å². The second-order valence-electron chi connectivity index (χ2n) is 7.22. The maximum atomic E-state index is 13.3. The highest BCUT2D eigenvalue weighted by Gasteiger charge is 2.40. The van der Waals surface area contributed by atoms with Gasteiger partial charge in [-0.1, -0.05) is 24.3 Å². The van der Waals surface area contributed by atoms with Crippen LogP contribution in [-0.4, -0.2) is 35.3 Å². The van der Waals surface area contributed by atoms with E-state index in [2.05, 4.69) is 5.32 Å². The molecule has 1 N–H and O–H groups in total. The molecule has 0 saturated carbocycles. The van der Waals surface area contributed by atoms with Gasteiger partial charge in [-0.25, -0.2) is 8.78 Å². The van der Waals surface area contributed by atoms with E-state index in [4.69, 9.17) is 0 Å². The van der Waals surface area contributed by atoms with Crippen molar-refractivity contribution in [3.05, 3.63) is 71.3 Å². The Hall–Kier alpha value is -2.76. The summed E-state index contributed by atoms with van der Waals surface area (Å²) in [4.78, 5) is 26.8. The van der Waals surface area contributed by atoms with Crippen LogP contribution in [0.2, 0.25) is 0 Å². The average Bonchev–Trinajstić information content (AvgIpc) is 2.63. The summed E-state index contributed by atoms with van der Waals surface area (Å²) in [6.07, 6.45) is 0.105. The summed E-state index contributed by atoms with van der Waals surface area (Å²) in [5.41, 5.74) is 0.581. The minimum Gasteiger partial charge on any atom is -0.352 e. The Morgan fingerprint density at radius 1 is 1.04 bits per heavy atom. The molecule has 142 valence electrons. The molecule has 0 atom stereocenters. The van der Waals surface area contributed by atoms with Gasteiger partial charge in [-0.05, 0) is 49.2 Å². The standard InChI is InChI=1S/C21H22F2N2O2/c1-21(2)20(27)24-11-12-25(21)19(26)13-18(14-3-7-16(22)8-4-14)15-5-9-17(23)10-6-15/h3-10,18H,11-13H2,1-2H3,(H,24,27). The first-order chi connectivity index (χ1) is 12.8. The first kappa shape index (κ1) is 19.0. The molecule has 3 rings (SSSR count). The normalized spacial score (nSPS) is 16.3. The molecule has 27 heavy (non-hydrogen) atoms. The summed E-state index contributed by atoms with van der Waals surface area (Å²) in [6, 6.07) is 11.9. The lowest BCUT2D eigenvalue weighted by Gasteiger charge is -2.41. The van der Waals surface area contributed by atoms with Crippen molar-refractivity contribution >= 4 is 11.8 Å². The van der Waals surface area contributed by atoms with Crippen LogP contribution in [0.15, 0.2) is 48.5 Å². The maximum absolute atomic E-state index is 13.3. The predicted octanol–water partition coefficient (Wildman–Crippen LogP) is 3.22. The fraction of sp³-hybridized carbons (Fsp3) is 0.333. The summed E-state index contributed by atoms with van der Waals surface area (Å²) in [7, 11) is 0. The van der Waals surface area contributed by atoms with Crippen LogP contribution in [0.4, 0.5) is 8.78 Å². The van der Waals surface area contributed by atoms with Gasteiger partial charge in [-0.2, -0.15) is 0 Å². The SMILES string of the molecule is CC1(C)C(=O)NCCN1C(=O)CC(c1ccc(F)cc1)c1ccc(F)cc1. The van der Waals surface area contributed by atoms with Gasteiger partial charge < -0.3 is 10.2 Å². The monoisotopic (exact) mass is 372 g/mol. The minimum absolute atomic E-state index is 0.105. The van der Waals surface area contributed by atoms with Gasteiger partial charge in [0, 0.05) is 25.4 Å². The van der Waals surface area contributed by atoms with Gasteiger partial charge >= 0.3 is 0 Å². The fourth-order valence-corrected chi connectivity index (χ4v) is 3.44. The number of halogens is 2. The molecule has 2 aromatic carbocycles. The Labute approximate surface area is 157 Å². The van der Waals surface area contributed by atoms with Gasteiger partial charge in [0.1, 0.15) is 17.2 Å². The van der Waals surface area contributed by atoms with E-state index in [0.717, 1.165) is 11.1 Å². The lowest BCUT2D eigenvalue weighted by molar-refractivity contribution is -0.149. The number of amides is 2. The average molecular weight is 372 g/mol. The van der Waals surface area contributed by atoms with Crippen molar-refractivity contribution in [1.29, 1.82) is 0 Å². The Kier molecular flexibility index (Phi) is 5.26. The molecule has 4 nitrogen and oxygen atoms in total. The van der Waals surface area contributed by atoms with Crippen LogP contribution >= 0.6 is 0 Å². The van der Waals surface area contributed by atoms with Crippen LogP contribution in [0.3, 0.4) is 0 Å². The molecule has 1 saturated heterocycles. The zero-order chi connectivity index (χ0) is 19.6. The van der Waals surface area contributed by atoms with E-state index in [0.29, 0.717) is 13.1 Å². The van der Waals surface area contributed by atoms with Crippen molar-refractivity contribution in [2.45, 2.75) is 31.7 Å². The zero-order valence-electron chi connectivity index (χ0n) is 15.3. The largest absolute Gasteiger partial charge is 0.352 e. The van der Waals surface area contributed by atoms with Crippen LogP contribution < -0.4 is 5.32 Å². The first-order valence-corrected chi connectivity index (χ1v) is 8.89. The molecule has 0 bridgehead atoms. The van der Waals surface area contributed by atoms with E-state index in [-0.39, 0.29) is 35.8 Å². The second kappa shape index (κ2) is 7.47. The lowest BCUT2D eigenvalue weighted by Crippen LogP contribution is -2.63. The third-order valence-corrected chi connectivity index (χ3v) is 5.08. The van der Waals surface area contributed by atoms with E-state index >= 15 is 0 Å². The number of piperazine rings is 1. The van der Waals surface area contributed by atoms with Crippen LogP contribution in [0.25, 0.3) is 0 Å². The van der Waals surface area contributed by atoms with E-state index < -0.39 is 5.54 Å². The molecule has 0 aliphatic carbocycles. The first-order valence-electron chi connectivity index (χ1n) is 8.89. The summed E-state index contributed by atoms with van der Waals surface area (Å²) in [5.74, 6) is -1.45. The molecule has 2 aromatic rings. The van der Waals surface area contributed by atoms with E-state index in [1.807, 2.05) is 0 Å². The maximum Gasteiger partial charge on any atom is 0.245 e. The highest BCUT2D eigenvalue weighted by Crippen LogP contribution is 2.31. The lowest BCUT2D eigenvalue weighted by atomic mass is 9.87. The van der Waals surface area contributed by atoms with E-state index in [9.17, 15) is 18.4 Å². The van der Waals surface area contributed by atoms with Crippen molar-refractivity contribution < 1.29 is 18.4 Å². The van der Waals surface area contributed by atoms with Crippen molar-refractivity contribution in [2.75, 3.05) is 13.1 Å². The number of rotatable bonds is 4. The molecule has 6 heteroatoms. The number of nitrogens with one attached hydrogen (secondary N) is 1. The summed E-state index contributed by atoms with van der Waals surface area (Å²) < 4.78 is 26.7. The van der Waals surface area contributed by atoms with Crippen molar-refractivity contribution in [3.63, 3.8) is 0 Å².